The van der Waals surface area contributed by atoms with Crippen molar-refractivity contribution < 1.29 is 4.79 Å². The van der Waals surface area contributed by atoms with E-state index in [1.54, 1.807) is 4.90 Å². The van der Waals surface area contributed by atoms with E-state index in [4.69, 9.17) is 11.6 Å². The second kappa shape index (κ2) is 5.51. The van der Waals surface area contributed by atoms with Crippen LogP contribution in [0.15, 0.2) is 18.2 Å². The second-order valence-corrected chi connectivity index (χ2v) is 5.32. The quantitative estimate of drug-likeness (QED) is 0.844. The van der Waals surface area contributed by atoms with E-state index in [1.807, 2.05) is 25.1 Å². The normalized spacial score (nSPS) is 21.4. The van der Waals surface area contributed by atoms with Crippen molar-refractivity contribution in [3.63, 3.8) is 0 Å². The lowest BCUT2D eigenvalue weighted by Gasteiger charge is -2.41. The topological polar surface area (TPSA) is 23.6 Å². The monoisotopic (exact) mass is 284 g/mol. The number of thiol groups is 1. The van der Waals surface area contributed by atoms with E-state index in [0.29, 0.717) is 11.4 Å². The smallest absolute Gasteiger partial charge is 0.230 e. The van der Waals surface area contributed by atoms with Crippen molar-refractivity contribution in [3.8, 4) is 0 Å². The molecule has 1 saturated heterocycles. The van der Waals surface area contributed by atoms with Crippen molar-refractivity contribution in [2.45, 2.75) is 25.8 Å². The molecule has 1 heterocycles. The molecule has 1 atom stereocenters. The van der Waals surface area contributed by atoms with Gasteiger partial charge in [-0.05, 0) is 31.2 Å². The summed E-state index contributed by atoms with van der Waals surface area (Å²) in [6, 6.07) is 5.59. The molecular weight excluding hydrogens is 268 g/mol. The highest BCUT2D eigenvalue weighted by molar-refractivity contribution is 7.81. The number of benzene rings is 1. The zero-order valence-corrected chi connectivity index (χ0v) is 12.2. The van der Waals surface area contributed by atoms with Crippen molar-refractivity contribution in [2.24, 2.45) is 0 Å². The Morgan fingerprint density at radius 3 is 2.89 bits per heavy atom. The number of hydrogen-bond acceptors (Lipinski definition) is 3. The number of anilines is 1. The maximum atomic E-state index is 12.1. The SMILES string of the molecule is CCN1CCC(=O)N(c2cc(Cl)ccc2C)C1S. The average molecular weight is 285 g/mol. The van der Waals surface area contributed by atoms with Crippen molar-refractivity contribution in [2.75, 3.05) is 18.0 Å². The molecule has 5 heteroatoms. The third-order valence-corrected chi connectivity index (χ3v) is 4.07. The molecule has 1 unspecified atom stereocenters. The molecule has 0 N–H and O–H groups in total. The van der Waals surface area contributed by atoms with Crippen LogP contribution >= 0.6 is 24.2 Å². The van der Waals surface area contributed by atoms with E-state index >= 15 is 0 Å². The molecule has 3 nitrogen and oxygen atoms in total. The zero-order valence-electron chi connectivity index (χ0n) is 10.6. The molecule has 0 aliphatic carbocycles. The number of aryl methyl sites for hydroxylation is 1. The van der Waals surface area contributed by atoms with E-state index in [-0.39, 0.29) is 11.4 Å². The van der Waals surface area contributed by atoms with Gasteiger partial charge >= 0.3 is 0 Å². The van der Waals surface area contributed by atoms with Gasteiger partial charge in [0.15, 0.2) is 0 Å². The van der Waals surface area contributed by atoms with Crippen LogP contribution in [0.2, 0.25) is 5.02 Å². The van der Waals surface area contributed by atoms with Crippen LogP contribution in [-0.2, 0) is 4.79 Å². The van der Waals surface area contributed by atoms with Gasteiger partial charge in [0.2, 0.25) is 5.91 Å². The number of hydrogen-bond donors (Lipinski definition) is 1. The fourth-order valence-corrected chi connectivity index (χ4v) is 2.89. The molecule has 2 rings (SSSR count). The van der Waals surface area contributed by atoms with Crippen LogP contribution in [0.1, 0.15) is 18.9 Å². The summed E-state index contributed by atoms with van der Waals surface area (Å²) in [6.45, 7) is 5.68. The second-order valence-electron chi connectivity index (χ2n) is 4.42. The predicted molar refractivity (Wildman–Crippen MR) is 78.3 cm³/mol. The van der Waals surface area contributed by atoms with Crippen molar-refractivity contribution >= 4 is 35.8 Å². The number of carbonyl (C=O) groups is 1. The van der Waals surface area contributed by atoms with Gasteiger partial charge in [-0.15, -0.1) is 12.6 Å². The summed E-state index contributed by atoms with van der Waals surface area (Å²) in [5.41, 5.74) is 1.67. The van der Waals surface area contributed by atoms with Gasteiger partial charge in [0, 0.05) is 18.0 Å². The summed E-state index contributed by atoms with van der Waals surface area (Å²) >= 11 is 10.6. The molecule has 1 aromatic rings. The molecule has 0 saturated carbocycles. The molecular formula is C13H17ClN2OS. The highest BCUT2D eigenvalue weighted by Gasteiger charge is 2.32. The molecule has 1 fully saturated rings. The number of carbonyl (C=O) groups excluding carboxylic acids is 1. The number of halogens is 1. The molecule has 1 aromatic carbocycles. The van der Waals surface area contributed by atoms with Gasteiger partial charge in [-0.3, -0.25) is 14.6 Å². The van der Waals surface area contributed by atoms with Gasteiger partial charge in [0.1, 0.15) is 5.50 Å². The van der Waals surface area contributed by atoms with E-state index < -0.39 is 0 Å². The fourth-order valence-electron chi connectivity index (χ4n) is 2.19. The average Bonchev–Trinajstić information content (AvgIpc) is 2.34. The molecule has 18 heavy (non-hydrogen) atoms. The Morgan fingerprint density at radius 2 is 2.22 bits per heavy atom. The van der Waals surface area contributed by atoms with Crippen molar-refractivity contribution in [1.82, 2.24) is 4.90 Å². The highest BCUT2D eigenvalue weighted by Crippen LogP contribution is 2.30. The molecule has 98 valence electrons. The van der Waals surface area contributed by atoms with Gasteiger partial charge in [-0.25, -0.2) is 0 Å². The Kier molecular flexibility index (Phi) is 4.20. The van der Waals surface area contributed by atoms with Crippen LogP contribution in [0.5, 0.6) is 0 Å². The van der Waals surface area contributed by atoms with Crippen molar-refractivity contribution in [3.05, 3.63) is 28.8 Å². The predicted octanol–water partition coefficient (Wildman–Crippen LogP) is 2.92. The van der Waals surface area contributed by atoms with Gasteiger partial charge in [0.25, 0.3) is 0 Å². The first-order valence-electron chi connectivity index (χ1n) is 6.05. The summed E-state index contributed by atoms with van der Waals surface area (Å²) in [5.74, 6) is 0.102. The number of rotatable bonds is 2. The standard InChI is InChI=1S/C13H17ClN2OS/c1-3-15-7-6-12(17)16(13(15)18)11-8-10(14)5-4-9(11)2/h4-5,8,13,18H,3,6-7H2,1-2H3. The van der Waals surface area contributed by atoms with E-state index in [2.05, 4.69) is 24.5 Å². The Bertz CT molecular complexity index is 466. The summed E-state index contributed by atoms with van der Waals surface area (Å²) in [6.07, 6.45) is 0.525. The molecule has 0 spiro atoms. The van der Waals surface area contributed by atoms with E-state index in [0.717, 1.165) is 24.3 Å². The van der Waals surface area contributed by atoms with Gasteiger partial charge in [-0.2, -0.15) is 0 Å². The lowest BCUT2D eigenvalue weighted by atomic mass is 10.1. The van der Waals surface area contributed by atoms with Crippen LogP contribution in [0.4, 0.5) is 5.69 Å². The third-order valence-electron chi connectivity index (χ3n) is 3.28. The van der Waals surface area contributed by atoms with Gasteiger partial charge in [-0.1, -0.05) is 24.6 Å². The Morgan fingerprint density at radius 1 is 1.50 bits per heavy atom. The summed E-state index contributed by atoms with van der Waals surface area (Å²) in [4.78, 5) is 16.0. The number of amides is 1. The maximum Gasteiger partial charge on any atom is 0.230 e. The zero-order chi connectivity index (χ0) is 13.3. The molecule has 0 bridgehead atoms. The summed E-state index contributed by atoms with van der Waals surface area (Å²) in [5, 5.41) is 0.637. The first kappa shape index (κ1) is 13.7. The molecule has 0 aromatic heterocycles. The Labute approximate surface area is 118 Å². The van der Waals surface area contributed by atoms with Crippen LogP contribution in [-0.4, -0.2) is 29.4 Å². The lowest BCUT2D eigenvalue weighted by Crippen LogP contribution is -2.54. The Balaban J connectivity index is 2.40. The minimum atomic E-state index is -0.214. The summed E-state index contributed by atoms with van der Waals surface area (Å²) in [7, 11) is 0. The van der Waals surface area contributed by atoms with Crippen molar-refractivity contribution in [1.29, 1.82) is 0 Å². The minimum Gasteiger partial charge on any atom is -0.287 e. The fraction of sp³-hybridized carbons (Fsp3) is 0.462. The summed E-state index contributed by atoms with van der Waals surface area (Å²) < 4.78 is 0. The number of nitrogens with zero attached hydrogens (tertiary/aromatic N) is 2. The largest absolute Gasteiger partial charge is 0.287 e. The minimum absolute atomic E-state index is 0.102. The molecule has 0 radical (unpaired) electrons. The first-order chi connectivity index (χ1) is 8.54. The highest BCUT2D eigenvalue weighted by atomic mass is 35.5. The molecule has 1 amide bonds. The van der Waals surface area contributed by atoms with Crippen LogP contribution in [0.25, 0.3) is 0 Å². The van der Waals surface area contributed by atoms with E-state index in [9.17, 15) is 4.79 Å². The van der Waals surface area contributed by atoms with E-state index in [1.165, 1.54) is 0 Å². The van der Waals surface area contributed by atoms with Crippen LogP contribution < -0.4 is 4.90 Å². The van der Waals surface area contributed by atoms with Crippen LogP contribution in [0.3, 0.4) is 0 Å². The first-order valence-corrected chi connectivity index (χ1v) is 6.94. The Hall–Kier alpha value is -0.710. The van der Waals surface area contributed by atoms with Gasteiger partial charge in [0.05, 0.1) is 5.69 Å². The maximum absolute atomic E-state index is 12.1. The molecule has 1 aliphatic heterocycles. The van der Waals surface area contributed by atoms with Crippen LogP contribution in [0, 0.1) is 6.92 Å². The third kappa shape index (κ3) is 2.51. The van der Waals surface area contributed by atoms with Gasteiger partial charge < -0.3 is 0 Å². The molecule has 1 aliphatic rings. The lowest BCUT2D eigenvalue weighted by molar-refractivity contribution is -0.121.